The highest BCUT2D eigenvalue weighted by molar-refractivity contribution is 5.91. The molecular weight excluding hydrogens is 211 g/mol. The van der Waals surface area contributed by atoms with Crippen molar-refractivity contribution >= 4 is 11.7 Å². The molecule has 2 rings (SSSR count). The van der Waals surface area contributed by atoms with Crippen LogP contribution in [0.2, 0.25) is 0 Å². The Morgan fingerprint density at radius 2 is 2.25 bits per heavy atom. The van der Waals surface area contributed by atoms with Gasteiger partial charge in [-0.2, -0.15) is 0 Å². The van der Waals surface area contributed by atoms with Gasteiger partial charge in [0.2, 0.25) is 0 Å². The van der Waals surface area contributed by atoms with Gasteiger partial charge in [-0.15, -0.1) is 0 Å². The predicted octanol–water partition coefficient (Wildman–Crippen LogP) is 2.12. The largest absolute Gasteiger partial charge is 0.494 e. The van der Waals surface area contributed by atoms with E-state index in [2.05, 4.69) is 10.6 Å². The lowest BCUT2D eigenvalue weighted by Gasteiger charge is -2.10. The van der Waals surface area contributed by atoms with E-state index in [1.807, 2.05) is 0 Å². The molecule has 0 atom stereocenters. The van der Waals surface area contributed by atoms with Crippen molar-refractivity contribution in [2.45, 2.75) is 18.9 Å². The number of ether oxygens (including phenoxy) is 1. The molecule has 0 aliphatic heterocycles. The van der Waals surface area contributed by atoms with Crippen molar-refractivity contribution in [3.8, 4) is 5.75 Å². The van der Waals surface area contributed by atoms with Crippen molar-refractivity contribution in [1.82, 2.24) is 5.32 Å². The Balaban J connectivity index is 2.04. The lowest BCUT2D eigenvalue weighted by Crippen LogP contribution is -2.30. The summed E-state index contributed by atoms with van der Waals surface area (Å²) in [6, 6.07) is 3.97. The molecule has 0 heterocycles. The number of carbonyl (C=O) groups excluding carboxylic acids is 1. The number of urea groups is 1. The second-order valence-electron chi connectivity index (χ2n) is 3.72. The van der Waals surface area contributed by atoms with E-state index in [4.69, 9.17) is 4.74 Å². The van der Waals surface area contributed by atoms with Crippen LogP contribution in [-0.4, -0.2) is 19.2 Å². The zero-order valence-corrected chi connectivity index (χ0v) is 8.92. The molecule has 4 nitrogen and oxygen atoms in total. The Labute approximate surface area is 92.8 Å². The van der Waals surface area contributed by atoms with Gasteiger partial charge < -0.3 is 15.4 Å². The summed E-state index contributed by atoms with van der Waals surface area (Å²) in [6.07, 6.45) is 2.04. The Bertz CT molecular complexity index is 405. The molecule has 0 unspecified atom stereocenters. The zero-order valence-electron chi connectivity index (χ0n) is 8.92. The Kier molecular flexibility index (Phi) is 2.94. The maximum atomic E-state index is 12.9. The van der Waals surface area contributed by atoms with E-state index >= 15 is 0 Å². The summed E-state index contributed by atoms with van der Waals surface area (Å²) in [7, 11) is 1.43. The first-order chi connectivity index (χ1) is 7.69. The molecule has 0 radical (unpaired) electrons. The second-order valence-corrected chi connectivity index (χ2v) is 3.72. The minimum absolute atomic E-state index is 0.284. The summed E-state index contributed by atoms with van der Waals surface area (Å²) in [5.74, 6) is -0.0871. The monoisotopic (exact) mass is 224 g/mol. The molecule has 86 valence electrons. The van der Waals surface area contributed by atoms with E-state index in [0.29, 0.717) is 11.4 Å². The van der Waals surface area contributed by atoms with Gasteiger partial charge in [0.1, 0.15) is 11.6 Å². The van der Waals surface area contributed by atoms with Gasteiger partial charge in [-0.25, -0.2) is 9.18 Å². The first-order valence-corrected chi connectivity index (χ1v) is 5.10. The molecule has 0 spiro atoms. The predicted molar refractivity (Wildman–Crippen MR) is 58.1 cm³/mol. The molecule has 2 amide bonds. The summed E-state index contributed by atoms with van der Waals surface area (Å²) >= 11 is 0. The third-order valence-electron chi connectivity index (χ3n) is 2.32. The minimum atomic E-state index is -0.398. The molecule has 1 aliphatic rings. The number of halogens is 1. The Morgan fingerprint density at radius 3 is 2.88 bits per heavy atom. The van der Waals surface area contributed by atoms with Crippen LogP contribution in [0.4, 0.5) is 14.9 Å². The SMILES string of the molecule is COc1cc(F)ccc1NC(=O)NC1CC1. The molecular formula is C11H13FN2O2. The van der Waals surface area contributed by atoms with Gasteiger partial charge in [-0.1, -0.05) is 0 Å². The Hall–Kier alpha value is -1.78. The number of hydrogen-bond acceptors (Lipinski definition) is 2. The van der Waals surface area contributed by atoms with Gasteiger partial charge in [0.25, 0.3) is 0 Å². The third kappa shape index (κ3) is 2.62. The number of anilines is 1. The molecule has 1 aromatic rings. The molecule has 1 aromatic carbocycles. The van der Waals surface area contributed by atoms with Crippen LogP contribution in [0, 0.1) is 5.82 Å². The van der Waals surface area contributed by atoms with Crippen LogP contribution in [0.3, 0.4) is 0 Å². The summed E-state index contributed by atoms with van der Waals surface area (Å²) in [4.78, 5) is 11.4. The van der Waals surface area contributed by atoms with E-state index in [1.165, 1.54) is 25.3 Å². The maximum absolute atomic E-state index is 12.9. The topological polar surface area (TPSA) is 50.4 Å². The number of hydrogen-bond donors (Lipinski definition) is 2. The summed E-state index contributed by atoms with van der Waals surface area (Å²) in [5.41, 5.74) is 0.460. The van der Waals surface area contributed by atoms with Crippen LogP contribution in [-0.2, 0) is 0 Å². The highest BCUT2D eigenvalue weighted by Gasteiger charge is 2.23. The maximum Gasteiger partial charge on any atom is 0.319 e. The smallest absolute Gasteiger partial charge is 0.319 e. The summed E-state index contributed by atoms with van der Waals surface area (Å²) in [5, 5.41) is 5.39. The van der Waals surface area contributed by atoms with Gasteiger partial charge in [-0.05, 0) is 25.0 Å². The fourth-order valence-corrected chi connectivity index (χ4v) is 1.34. The molecule has 16 heavy (non-hydrogen) atoms. The van der Waals surface area contributed by atoms with Gasteiger partial charge in [0.05, 0.1) is 12.8 Å². The molecule has 0 saturated heterocycles. The summed E-state index contributed by atoms with van der Waals surface area (Å²) in [6.45, 7) is 0. The fraction of sp³-hybridized carbons (Fsp3) is 0.364. The average molecular weight is 224 g/mol. The normalized spacial score (nSPS) is 14.4. The van der Waals surface area contributed by atoms with E-state index in [1.54, 1.807) is 0 Å². The van der Waals surface area contributed by atoms with Crippen LogP contribution < -0.4 is 15.4 Å². The van der Waals surface area contributed by atoms with Crippen LogP contribution in [0.25, 0.3) is 0 Å². The van der Waals surface area contributed by atoms with Crippen LogP contribution in [0.1, 0.15) is 12.8 Å². The lowest BCUT2D eigenvalue weighted by atomic mass is 10.3. The van der Waals surface area contributed by atoms with E-state index in [0.717, 1.165) is 12.8 Å². The third-order valence-corrected chi connectivity index (χ3v) is 2.32. The van der Waals surface area contributed by atoms with E-state index < -0.39 is 5.82 Å². The molecule has 2 N–H and O–H groups in total. The number of benzene rings is 1. The second kappa shape index (κ2) is 4.38. The molecule has 1 fully saturated rings. The Morgan fingerprint density at radius 1 is 1.50 bits per heavy atom. The quantitative estimate of drug-likeness (QED) is 0.826. The number of carbonyl (C=O) groups is 1. The summed E-state index contributed by atoms with van der Waals surface area (Å²) < 4.78 is 17.8. The van der Waals surface area contributed by atoms with Gasteiger partial charge in [0.15, 0.2) is 0 Å². The van der Waals surface area contributed by atoms with Crippen molar-refractivity contribution < 1.29 is 13.9 Å². The molecule has 1 aliphatic carbocycles. The first kappa shape index (κ1) is 10.7. The van der Waals surface area contributed by atoms with E-state index in [-0.39, 0.29) is 12.1 Å². The standard InChI is InChI=1S/C11H13FN2O2/c1-16-10-6-7(12)2-5-9(10)14-11(15)13-8-3-4-8/h2,5-6,8H,3-4H2,1H3,(H2,13,14,15). The van der Waals surface area contributed by atoms with Crippen molar-refractivity contribution in [3.63, 3.8) is 0 Å². The lowest BCUT2D eigenvalue weighted by molar-refractivity contribution is 0.251. The molecule has 5 heteroatoms. The highest BCUT2D eigenvalue weighted by Crippen LogP contribution is 2.25. The average Bonchev–Trinajstić information content (AvgIpc) is 3.04. The molecule has 0 aromatic heterocycles. The van der Waals surface area contributed by atoms with E-state index in [9.17, 15) is 9.18 Å². The number of methoxy groups -OCH3 is 1. The zero-order chi connectivity index (χ0) is 11.5. The number of nitrogens with one attached hydrogen (secondary N) is 2. The van der Waals surface area contributed by atoms with Crippen molar-refractivity contribution in [2.24, 2.45) is 0 Å². The van der Waals surface area contributed by atoms with Crippen LogP contribution >= 0.6 is 0 Å². The number of rotatable bonds is 3. The van der Waals surface area contributed by atoms with Gasteiger partial charge >= 0.3 is 6.03 Å². The fourth-order valence-electron chi connectivity index (χ4n) is 1.34. The van der Waals surface area contributed by atoms with Gasteiger partial charge in [-0.3, -0.25) is 0 Å². The highest BCUT2D eigenvalue weighted by atomic mass is 19.1. The minimum Gasteiger partial charge on any atom is -0.494 e. The molecule has 0 bridgehead atoms. The van der Waals surface area contributed by atoms with Crippen molar-refractivity contribution in [2.75, 3.05) is 12.4 Å². The number of amides is 2. The van der Waals surface area contributed by atoms with Crippen molar-refractivity contribution in [1.29, 1.82) is 0 Å². The first-order valence-electron chi connectivity index (χ1n) is 5.10. The van der Waals surface area contributed by atoms with Crippen LogP contribution in [0.15, 0.2) is 18.2 Å². The van der Waals surface area contributed by atoms with Gasteiger partial charge in [0, 0.05) is 12.1 Å². The molecule has 1 saturated carbocycles. The van der Waals surface area contributed by atoms with Crippen molar-refractivity contribution in [3.05, 3.63) is 24.0 Å². The van der Waals surface area contributed by atoms with Crippen LogP contribution in [0.5, 0.6) is 5.75 Å².